The summed E-state index contributed by atoms with van der Waals surface area (Å²) >= 11 is 1.01. The van der Waals surface area contributed by atoms with Gasteiger partial charge < -0.3 is 10.0 Å². The number of aryl methyl sites for hydroxylation is 1. The van der Waals surface area contributed by atoms with Crippen LogP contribution in [-0.2, 0) is 4.79 Å². The fraction of sp³-hybridized carbons (Fsp3) is 0.556. The third kappa shape index (κ3) is 2.19. The molecule has 1 N–H and O–H groups in total. The summed E-state index contributed by atoms with van der Waals surface area (Å²) in [5.41, 5.74) is 0.561. The van der Waals surface area contributed by atoms with Gasteiger partial charge in [-0.3, -0.25) is 9.59 Å². The Morgan fingerprint density at radius 3 is 2.69 bits per heavy atom. The third-order valence-corrected chi connectivity index (χ3v) is 3.22. The summed E-state index contributed by atoms with van der Waals surface area (Å²) in [6, 6.07) is 0.0742. The van der Waals surface area contributed by atoms with Crippen LogP contribution in [0.3, 0.4) is 0 Å². The van der Waals surface area contributed by atoms with E-state index in [0.29, 0.717) is 10.6 Å². The predicted molar refractivity (Wildman–Crippen MR) is 56.3 cm³/mol. The molecule has 1 aromatic heterocycles. The number of aliphatic carboxylic acids is 1. The predicted octanol–water partition coefficient (Wildman–Crippen LogP) is 0.536. The van der Waals surface area contributed by atoms with Gasteiger partial charge in [0.15, 0.2) is 0 Å². The molecule has 1 heterocycles. The van der Waals surface area contributed by atoms with Crippen LogP contribution in [-0.4, -0.2) is 44.1 Å². The number of carboxylic acids is 1. The van der Waals surface area contributed by atoms with Crippen molar-refractivity contribution in [2.75, 3.05) is 6.54 Å². The lowest BCUT2D eigenvalue weighted by molar-refractivity contribution is -0.137. The van der Waals surface area contributed by atoms with E-state index < -0.39 is 5.97 Å². The molecular formula is C9H11N3O3S. The molecule has 0 spiro atoms. The van der Waals surface area contributed by atoms with Crippen molar-refractivity contribution >= 4 is 23.4 Å². The van der Waals surface area contributed by atoms with Gasteiger partial charge >= 0.3 is 5.97 Å². The minimum atomic E-state index is -0.990. The van der Waals surface area contributed by atoms with Crippen LogP contribution in [0.5, 0.6) is 0 Å². The van der Waals surface area contributed by atoms with Crippen LogP contribution >= 0.6 is 11.5 Å². The maximum atomic E-state index is 12.0. The Labute approximate surface area is 96.0 Å². The van der Waals surface area contributed by atoms with Crippen LogP contribution in [0.15, 0.2) is 0 Å². The van der Waals surface area contributed by atoms with E-state index in [1.807, 2.05) is 0 Å². The monoisotopic (exact) mass is 241 g/mol. The minimum absolute atomic E-state index is 0.0742. The maximum absolute atomic E-state index is 12.0. The van der Waals surface area contributed by atoms with E-state index in [0.717, 1.165) is 24.4 Å². The van der Waals surface area contributed by atoms with E-state index in [2.05, 4.69) is 9.59 Å². The second-order valence-electron chi connectivity index (χ2n) is 3.75. The van der Waals surface area contributed by atoms with Crippen molar-refractivity contribution in [2.45, 2.75) is 25.8 Å². The third-order valence-electron chi connectivity index (χ3n) is 2.40. The number of carbonyl (C=O) groups is 2. The van der Waals surface area contributed by atoms with Gasteiger partial charge in [0, 0.05) is 6.04 Å². The Balaban J connectivity index is 2.17. The first-order valence-corrected chi connectivity index (χ1v) is 5.68. The highest BCUT2D eigenvalue weighted by Gasteiger charge is 2.35. The second-order valence-corrected chi connectivity index (χ2v) is 4.50. The molecule has 1 aliphatic carbocycles. The number of nitrogens with zero attached hydrogens (tertiary/aromatic N) is 3. The Morgan fingerprint density at radius 1 is 1.56 bits per heavy atom. The highest BCUT2D eigenvalue weighted by molar-refractivity contribution is 7.07. The van der Waals surface area contributed by atoms with E-state index in [9.17, 15) is 9.59 Å². The molecule has 0 radical (unpaired) electrons. The normalized spacial score (nSPS) is 14.8. The van der Waals surface area contributed by atoms with E-state index in [1.165, 1.54) is 4.90 Å². The molecule has 86 valence electrons. The molecule has 0 bridgehead atoms. The molecule has 0 aliphatic heterocycles. The van der Waals surface area contributed by atoms with Gasteiger partial charge in [0.1, 0.15) is 11.4 Å². The first-order valence-electron chi connectivity index (χ1n) is 4.91. The fourth-order valence-electron chi connectivity index (χ4n) is 1.46. The van der Waals surface area contributed by atoms with E-state index in [-0.39, 0.29) is 18.5 Å². The molecule has 0 aromatic carbocycles. The summed E-state index contributed by atoms with van der Waals surface area (Å²) in [4.78, 5) is 24.5. The zero-order valence-corrected chi connectivity index (χ0v) is 9.53. The van der Waals surface area contributed by atoms with E-state index >= 15 is 0 Å². The molecule has 1 amide bonds. The average Bonchev–Trinajstić information content (AvgIpc) is 2.97. The summed E-state index contributed by atoms with van der Waals surface area (Å²) < 4.78 is 3.68. The molecule has 0 saturated heterocycles. The van der Waals surface area contributed by atoms with Crippen molar-refractivity contribution in [3.63, 3.8) is 0 Å². The van der Waals surface area contributed by atoms with Crippen LogP contribution in [0.1, 0.15) is 28.2 Å². The molecule has 0 unspecified atom stereocenters. The van der Waals surface area contributed by atoms with Crippen molar-refractivity contribution in [3.05, 3.63) is 10.6 Å². The second kappa shape index (κ2) is 4.17. The van der Waals surface area contributed by atoms with Gasteiger partial charge in [0.05, 0.1) is 5.69 Å². The molecule has 0 atom stereocenters. The molecule has 1 saturated carbocycles. The molecule has 6 nitrogen and oxygen atoms in total. The quantitative estimate of drug-likeness (QED) is 0.831. The van der Waals surface area contributed by atoms with E-state index in [4.69, 9.17) is 5.11 Å². The largest absolute Gasteiger partial charge is 0.480 e. The maximum Gasteiger partial charge on any atom is 0.323 e. The summed E-state index contributed by atoms with van der Waals surface area (Å²) in [7, 11) is 0. The summed E-state index contributed by atoms with van der Waals surface area (Å²) in [5.74, 6) is -1.26. The standard InChI is InChI=1S/C9H11N3O3S/c1-5-8(16-11-10-5)9(15)12(4-7(13)14)6-2-3-6/h6H,2-4H2,1H3,(H,13,14). The molecular weight excluding hydrogens is 230 g/mol. The lowest BCUT2D eigenvalue weighted by atomic mass is 10.3. The number of hydrogen-bond donors (Lipinski definition) is 1. The Hall–Kier alpha value is -1.50. The van der Waals surface area contributed by atoms with Crippen LogP contribution in [0.2, 0.25) is 0 Å². The first-order chi connectivity index (χ1) is 7.59. The van der Waals surface area contributed by atoms with E-state index in [1.54, 1.807) is 6.92 Å². The van der Waals surface area contributed by atoms with Gasteiger partial charge in [-0.1, -0.05) is 4.49 Å². The van der Waals surface area contributed by atoms with Crippen molar-refractivity contribution in [1.29, 1.82) is 0 Å². The van der Waals surface area contributed by atoms with Gasteiger partial charge in [-0.15, -0.1) is 5.10 Å². The minimum Gasteiger partial charge on any atom is -0.480 e. The molecule has 1 fully saturated rings. The Bertz CT molecular complexity index is 427. The van der Waals surface area contributed by atoms with Crippen molar-refractivity contribution in [3.8, 4) is 0 Å². The SMILES string of the molecule is Cc1nnsc1C(=O)N(CC(=O)O)C1CC1. The van der Waals surface area contributed by atoms with Crippen molar-refractivity contribution < 1.29 is 14.7 Å². The zero-order chi connectivity index (χ0) is 11.7. The van der Waals surface area contributed by atoms with Crippen LogP contribution < -0.4 is 0 Å². The summed E-state index contributed by atoms with van der Waals surface area (Å²) in [5, 5.41) is 12.5. The van der Waals surface area contributed by atoms with Gasteiger partial charge in [-0.25, -0.2) is 0 Å². The Morgan fingerprint density at radius 2 is 2.25 bits per heavy atom. The average molecular weight is 241 g/mol. The Kier molecular flexibility index (Phi) is 2.86. The number of carboxylic acid groups (broad SMARTS) is 1. The van der Waals surface area contributed by atoms with Crippen molar-refractivity contribution in [2.24, 2.45) is 0 Å². The number of carbonyl (C=O) groups excluding carboxylic acids is 1. The molecule has 1 aliphatic rings. The number of amides is 1. The van der Waals surface area contributed by atoms with Crippen LogP contribution in [0.4, 0.5) is 0 Å². The zero-order valence-electron chi connectivity index (χ0n) is 8.71. The number of hydrogen-bond acceptors (Lipinski definition) is 5. The number of rotatable bonds is 4. The van der Waals surface area contributed by atoms with Gasteiger partial charge in [-0.05, 0) is 31.3 Å². The van der Waals surface area contributed by atoms with Gasteiger partial charge in [0.25, 0.3) is 5.91 Å². The molecule has 16 heavy (non-hydrogen) atoms. The lowest BCUT2D eigenvalue weighted by Gasteiger charge is -2.19. The molecule has 2 rings (SSSR count). The fourth-order valence-corrected chi connectivity index (χ4v) is 2.07. The summed E-state index contributed by atoms with van der Waals surface area (Å²) in [6.07, 6.45) is 1.76. The topological polar surface area (TPSA) is 83.4 Å². The summed E-state index contributed by atoms with van der Waals surface area (Å²) in [6.45, 7) is 1.45. The molecule has 7 heteroatoms. The first kappa shape index (κ1) is 11.0. The highest BCUT2D eigenvalue weighted by atomic mass is 32.1. The van der Waals surface area contributed by atoms with Crippen LogP contribution in [0.25, 0.3) is 0 Å². The van der Waals surface area contributed by atoms with Crippen molar-refractivity contribution in [1.82, 2.24) is 14.5 Å². The van der Waals surface area contributed by atoms with Gasteiger partial charge in [0.2, 0.25) is 0 Å². The lowest BCUT2D eigenvalue weighted by Crippen LogP contribution is -2.37. The smallest absolute Gasteiger partial charge is 0.323 e. The highest BCUT2D eigenvalue weighted by Crippen LogP contribution is 2.28. The number of aromatic nitrogens is 2. The van der Waals surface area contributed by atoms with Crippen LogP contribution in [0, 0.1) is 6.92 Å². The molecule has 1 aromatic rings. The van der Waals surface area contributed by atoms with Gasteiger partial charge in [-0.2, -0.15) is 0 Å².